The van der Waals surface area contributed by atoms with Gasteiger partial charge in [-0.25, -0.2) is 0 Å². The van der Waals surface area contributed by atoms with Gasteiger partial charge < -0.3 is 9.47 Å². The van der Waals surface area contributed by atoms with E-state index in [9.17, 15) is 0 Å². The van der Waals surface area contributed by atoms with Crippen LogP contribution in [-0.4, -0.2) is 31.4 Å². The van der Waals surface area contributed by atoms with E-state index in [-0.39, 0.29) is 12.1 Å². The van der Waals surface area contributed by atoms with Crippen molar-refractivity contribution >= 4 is 32.9 Å². The van der Waals surface area contributed by atoms with Gasteiger partial charge in [0.05, 0.1) is 5.69 Å². The Kier molecular flexibility index (Phi) is 4.77. The maximum atomic E-state index is 5.13. The predicted molar refractivity (Wildman–Crippen MR) is 119 cm³/mol. The second kappa shape index (κ2) is 7.41. The Morgan fingerprint density at radius 1 is 1.11 bits per heavy atom. The monoisotopic (exact) mass is 452 g/mol. The second-order valence-corrected chi connectivity index (χ2v) is 9.02. The summed E-state index contributed by atoms with van der Waals surface area (Å²) >= 11 is 5.42. The molecule has 0 N–H and O–H groups in total. The Hall–Kier alpha value is -2.05. The van der Waals surface area contributed by atoms with Gasteiger partial charge in [-0.1, -0.05) is 40.7 Å². The topological polar surface area (TPSA) is 33.4 Å². The number of amidine groups is 1. The van der Waals surface area contributed by atoms with Gasteiger partial charge >= 0.3 is 0 Å². The number of rotatable bonds is 4. The first-order chi connectivity index (χ1) is 13.8. The molecular formula is C22H21BrN4S. The number of aliphatic imine (C=N–C) groups is 1. The minimum atomic E-state index is 0.0159. The number of pyridine rings is 1. The summed E-state index contributed by atoms with van der Waals surface area (Å²) in [6, 6.07) is 19.7. The summed E-state index contributed by atoms with van der Waals surface area (Å²) in [5.41, 5.74) is 3.46. The Labute approximate surface area is 177 Å². The lowest BCUT2D eigenvalue weighted by molar-refractivity contribution is 0.249. The first-order valence-corrected chi connectivity index (χ1v) is 11.4. The van der Waals surface area contributed by atoms with E-state index in [0.29, 0.717) is 6.04 Å². The number of aromatic nitrogens is 2. The summed E-state index contributed by atoms with van der Waals surface area (Å²) in [6.45, 7) is 2.27. The zero-order valence-electron chi connectivity index (χ0n) is 15.6. The van der Waals surface area contributed by atoms with Crippen molar-refractivity contribution in [1.82, 2.24) is 14.5 Å². The molecule has 0 spiro atoms. The standard InChI is InChI=1S/C22H21BrN4S/c1-2-16-14-28-22-25-20(18-6-3-4-12-24-18)21(27(16)22)19-7-5-13-26(19)17-10-8-15(23)9-11-17/h3-13,16,20-21H,2,14H2,1H3/t16-,20+,21-/m1/s1. The highest BCUT2D eigenvalue weighted by atomic mass is 79.9. The molecule has 0 amide bonds. The van der Waals surface area contributed by atoms with Crippen molar-refractivity contribution < 1.29 is 0 Å². The molecule has 2 aliphatic rings. The highest BCUT2D eigenvalue weighted by molar-refractivity contribution is 9.10. The fourth-order valence-electron chi connectivity index (χ4n) is 4.14. The van der Waals surface area contributed by atoms with Crippen molar-refractivity contribution in [3.05, 3.63) is 82.9 Å². The van der Waals surface area contributed by atoms with Crippen LogP contribution in [0.3, 0.4) is 0 Å². The van der Waals surface area contributed by atoms with Crippen molar-refractivity contribution in [3.8, 4) is 5.69 Å². The molecule has 3 atom stereocenters. The van der Waals surface area contributed by atoms with Crippen LogP contribution >= 0.6 is 27.7 Å². The SMILES string of the molecule is CC[C@@H]1CSC2=N[C@@H](c3ccccn3)[C@@H](c3cccn3-c3ccc(Br)cc3)N21. The van der Waals surface area contributed by atoms with Crippen LogP contribution in [0, 0.1) is 0 Å². The number of hydrogen-bond acceptors (Lipinski definition) is 4. The molecule has 3 aromatic rings. The van der Waals surface area contributed by atoms with E-state index in [1.807, 2.05) is 24.0 Å². The van der Waals surface area contributed by atoms with E-state index in [0.717, 1.165) is 33.2 Å². The summed E-state index contributed by atoms with van der Waals surface area (Å²) < 4.78 is 3.38. The molecule has 0 aliphatic carbocycles. The van der Waals surface area contributed by atoms with Crippen molar-refractivity contribution in [2.45, 2.75) is 31.5 Å². The maximum absolute atomic E-state index is 5.13. The van der Waals surface area contributed by atoms with E-state index in [1.54, 1.807) is 0 Å². The van der Waals surface area contributed by atoms with Gasteiger partial charge in [-0.3, -0.25) is 9.98 Å². The van der Waals surface area contributed by atoms with E-state index in [4.69, 9.17) is 4.99 Å². The summed E-state index contributed by atoms with van der Waals surface area (Å²) in [5, 5.41) is 1.16. The minimum Gasteiger partial charge on any atom is -0.337 e. The van der Waals surface area contributed by atoms with Crippen LogP contribution in [0.4, 0.5) is 0 Å². The zero-order valence-corrected chi connectivity index (χ0v) is 18.0. The van der Waals surface area contributed by atoms with Gasteiger partial charge in [-0.2, -0.15) is 0 Å². The highest BCUT2D eigenvalue weighted by Crippen LogP contribution is 2.48. The molecule has 4 heterocycles. The van der Waals surface area contributed by atoms with Crippen LogP contribution in [0.25, 0.3) is 5.69 Å². The van der Waals surface area contributed by atoms with Crippen LogP contribution in [0.5, 0.6) is 0 Å². The molecule has 28 heavy (non-hydrogen) atoms. The smallest absolute Gasteiger partial charge is 0.160 e. The normalized spacial score (nSPS) is 23.7. The Morgan fingerprint density at radius 2 is 1.96 bits per heavy atom. The molecule has 2 aromatic heterocycles. The van der Waals surface area contributed by atoms with E-state index >= 15 is 0 Å². The predicted octanol–water partition coefficient (Wildman–Crippen LogP) is 5.61. The molecule has 0 unspecified atom stereocenters. The van der Waals surface area contributed by atoms with Crippen LogP contribution in [0.2, 0.25) is 0 Å². The molecule has 6 heteroatoms. The maximum Gasteiger partial charge on any atom is 0.160 e. The number of hydrogen-bond donors (Lipinski definition) is 0. The largest absolute Gasteiger partial charge is 0.337 e. The number of benzene rings is 1. The quantitative estimate of drug-likeness (QED) is 0.515. The van der Waals surface area contributed by atoms with Gasteiger partial charge in [0.25, 0.3) is 0 Å². The lowest BCUT2D eigenvalue weighted by Crippen LogP contribution is -2.36. The van der Waals surface area contributed by atoms with Crippen molar-refractivity contribution in [1.29, 1.82) is 0 Å². The summed E-state index contributed by atoms with van der Waals surface area (Å²) in [6.07, 6.45) is 5.14. The molecule has 1 saturated heterocycles. The van der Waals surface area contributed by atoms with Crippen LogP contribution in [-0.2, 0) is 0 Å². The summed E-state index contributed by atoms with van der Waals surface area (Å²) in [4.78, 5) is 12.3. The number of nitrogens with zero attached hydrogens (tertiary/aromatic N) is 4. The van der Waals surface area contributed by atoms with Crippen LogP contribution in [0.1, 0.15) is 36.8 Å². The first-order valence-electron chi connectivity index (χ1n) is 9.59. The average Bonchev–Trinajstić information content (AvgIpc) is 3.44. The molecule has 4 nitrogen and oxygen atoms in total. The van der Waals surface area contributed by atoms with E-state index in [2.05, 4.69) is 92.0 Å². The average molecular weight is 453 g/mol. The zero-order chi connectivity index (χ0) is 19.1. The van der Waals surface area contributed by atoms with Gasteiger partial charge in [0.15, 0.2) is 5.17 Å². The Bertz CT molecular complexity index is 999. The van der Waals surface area contributed by atoms with Crippen molar-refractivity contribution in [2.75, 3.05) is 5.75 Å². The lowest BCUT2D eigenvalue weighted by Gasteiger charge is -2.32. The highest BCUT2D eigenvalue weighted by Gasteiger charge is 2.46. The third kappa shape index (κ3) is 2.99. The molecule has 142 valence electrons. The fourth-order valence-corrected chi connectivity index (χ4v) is 5.74. The molecule has 0 radical (unpaired) electrons. The minimum absolute atomic E-state index is 0.0159. The van der Waals surface area contributed by atoms with E-state index in [1.165, 1.54) is 5.69 Å². The third-order valence-corrected chi connectivity index (χ3v) is 7.17. The van der Waals surface area contributed by atoms with Gasteiger partial charge in [0, 0.05) is 40.0 Å². The number of halogens is 1. The van der Waals surface area contributed by atoms with Crippen molar-refractivity contribution in [2.24, 2.45) is 4.99 Å². The molecule has 0 saturated carbocycles. The van der Waals surface area contributed by atoms with E-state index < -0.39 is 0 Å². The van der Waals surface area contributed by atoms with Crippen molar-refractivity contribution in [3.63, 3.8) is 0 Å². The molecule has 1 aromatic carbocycles. The number of fused-ring (bicyclic) bond motifs is 1. The Morgan fingerprint density at radius 3 is 2.71 bits per heavy atom. The third-order valence-electron chi connectivity index (χ3n) is 5.52. The van der Waals surface area contributed by atoms with Gasteiger partial charge in [-0.05, 0) is 55.0 Å². The molecule has 1 fully saturated rings. The molecule has 2 aliphatic heterocycles. The molecule has 5 rings (SSSR count). The second-order valence-electron chi connectivity index (χ2n) is 7.12. The first kappa shape index (κ1) is 18.0. The van der Waals surface area contributed by atoms with Crippen LogP contribution < -0.4 is 0 Å². The molecule has 0 bridgehead atoms. The lowest BCUT2D eigenvalue weighted by atomic mass is 9.99. The van der Waals surface area contributed by atoms with Gasteiger partial charge in [0.2, 0.25) is 0 Å². The fraction of sp³-hybridized carbons (Fsp3) is 0.273. The van der Waals surface area contributed by atoms with Crippen LogP contribution in [0.15, 0.2) is 76.5 Å². The molecular weight excluding hydrogens is 432 g/mol. The van der Waals surface area contributed by atoms with Gasteiger partial charge in [0.1, 0.15) is 12.1 Å². The Balaban J connectivity index is 1.62. The number of thioether (sulfide) groups is 1. The van der Waals surface area contributed by atoms with Gasteiger partial charge in [-0.15, -0.1) is 0 Å². The summed E-state index contributed by atoms with van der Waals surface area (Å²) in [5.74, 6) is 1.11. The summed E-state index contributed by atoms with van der Waals surface area (Å²) in [7, 11) is 0.